The molecule has 3 aromatic rings. The Labute approximate surface area is 144 Å². The highest BCUT2D eigenvalue weighted by molar-refractivity contribution is 7.10. The average molecular weight is 341 g/mol. The van der Waals surface area contributed by atoms with E-state index in [-0.39, 0.29) is 12.5 Å². The third kappa shape index (κ3) is 3.42. The van der Waals surface area contributed by atoms with E-state index in [4.69, 9.17) is 4.74 Å². The lowest BCUT2D eigenvalue weighted by Crippen LogP contribution is -2.28. The van der Waals surface area contributed by atoms with Crippen molar-refractivity contribution in [1.82, 2.24) is 5.32 Å². The van der Waals surface area contributed by atoms with Gasteiger partial charge >= 0.3 is 0 Å². The van der Waals surface area contributed by atoms with Gasteiger partial charge in [-0.15, -0.1) is 11.3 Å². The molecule has 0 aliphatic carbocycles. The number of carbonyl (C=O) groups excluding carboxylic acids is 1. The van der Waals surface area contributed by atoms with Crippen LogP contribution in [-0.2, 0) is 0 Å². The molecule has 3 rings (SSSR count). The molecule has 0 unspecified atom stereocenters. The number of hydrogen-bond acceptors (Lipinski definition) is 4. The van der Waals surface area contributed by atoms with Gasteiger partial charge in [0.25, 0.3) is 5.91 Å². The monoisotopic (exact) mass is 341 g/mol. The predicted octanol–water partition coefficient (Wildman–Crippen LogP) is 3.76. The van der Waals surface area contributed by atoms with Gasteiger partial charge in [0.2, 0.25) is 0 Å². The van der Waals surface area contributed by atoms with Gasteiger partial charge in [0.05, 0.1) is 12.2 Å². The van der Waals surface area contributed by atoms with Gasteiger partial charge in [0.1, 0.15) is 11.9 Å². The SMILES string of the molecule is CCOc1ccc2ccccc2c1C(=O)NC[C@@H](O)c1cccs1. The smallest absolute Gasteiger partial charge is 0.255 e. The molecule has 1 aromatic heterocycles. The van der Waals surface area contributed by atoms with Crippen molar-refractivity contribution < 1.29 is 14.6 Å². The first-order valence-electron chi connectivity index (χ1n) is 7.85. The van der Waals surface area contributed by atoms with Crippen molar-refractivity contribution in [3.05, 3.63) is 64.4 Å². The fourth-order valence-electron chi connectivity index (χ4n) is 2.62. The van der Waals surface area contributed by atoms with Crippen LogP contribution < -0.4 is 10.1 Å². The number of thiophene rings is 1. The number of hydrogen-bond donors (Lipinski definition) is 2. The molecule has 0 saturated heterocycles. The van der Waals surface area contributed by atoms with Gasteiger partial charge < -0.3 is 15.2 Å². The van der Waals surface area contributed by atoms with Crippen molar-refractivity contribution in [3.63, 3.8) is 0 Å². The Hall–Kier alpha value is -2.37. The van der Waals surface area contributed by atoms with E-state index in [0.29, 0.717) is 17.9 Å². The van der Waals surface area contributed by atoms with Gasteiger partial charge in [-0.1, -0.05) is 36.4 Å². The molecule has 1 atom stereocenters. The molecule has 2 N–H and O–H groups in total. The third-order valence-electron chi connectivity index (χ3n) is 3.75. The number of nitrogens with one attached hydrogen (secondary N) is 1. The first-order chi connectivity index (χ1) is 11.7. The summed E-state index contributed by atoms with van der Waals surface area (Å²) in [7, 11) is 0. The van der Waals surface area contributed by atoms with Crippen molar-refractivity contribution in [2.75, 3.05) is 13.2 Å². The molecule has 24 heavy (non-hydrogen) atoms. The summed E-state index contributed by atoms with van der Waals surface area (Å²) in [4.78, 5) is 13.6. The highest BCUT2D eigenvalue weighted by Gasteiger charge is 2.18. The van der Waals surface area contributed by atoms with Crippen molar-refractivity contribution in [2.24, 2.45) is 0 Å². The number of rotatable bonds is 6. The minimum atomic E-state index is -0.709. The summed E-state index contributed by atoms with van der Waals surface area (Å²) in [5.41, 5.74) is 0.508. The highest BCUT2D eigenvalue weighted by Crippen LogP contribution is 2.28. The summed E-state index contributed by atoms with van der Waals surface area (Å²) in [5.74, 6) is 0.310. The zero-order valence-corrected chi connectivity index (χ0v) is 14.2. The molecule has 1 amide bonds. The predicted molar refractivity (Wildman–Crippen MR) is 96.7 cm³/mol. The van der Waals surface area contributed by atoms with Crippen LogP contribution in [0.15, 0.2) is 53.9 Å². The summed E-state index contributed by atoms with van der Waals surface area (Å²) in [6, 6.07) is 15.2. The summed E-state index contributed by atoms with van der Waals surface area (Å²) in [5, 5.41) is 16.7. The third-order valence-corrected chi connectivity index (χ3v) is 4.72. The average Bonchev–Trinajstić information content (AvgIpc) is 3.14. The first kappa shape index (κ1) is 16.5. The maximum atomic E-state index is 12.7. The van der Waals surface area contributed by atoms with Crippen LogP contribution in [0.5, 0.6) is 5.75 Å². The molecule has 4 nitrogen and oxygen atoms in total. The topological polar surface area (TPSA) is 58.6 Å². The molecule has 124 valence electrons. The Morgan fingerprint density at radius 3 is 2.79 bits per heavy atom. The van der Waals surface area contributed by atoms with Crippen LogP contribution in [0.2, 0.25) is 0 Å². The van der Waals surface area contributed by atoms with Gasteiger partial charge in [-0.05, 0) is 35.2 Å². The quantitative estimate of drug-likeness (QED) is 0.718. The van der Waals surface area contributed by atoms with E-state index in [9.17, 15) is 9.90 Å². The van der Waals surface area contributed by atoms with Gasteiger partial charge in [-0.25, -0.2) is 0 Å². The molecular formula is C19H19NO3S. The second-order valence-electron chi connectivity index (χ2n) is 5.33. The molecule has 0 aliphatic heterocycles. The second kappa shape index (κ2) is 7.47. The molecule has 0 fully saturated rings. The zero-order valence-electron chi connectivity index (χ0n) is 13.4. The maximum absolute atomic E-state index is 12.7. The first-order valence-corrected chi connectivity index (χ1v) is 8.73. The van der Waals surface area contributed by atoms with Crippen molar-refractivity contribution in [2.45, 2.75) is 13.0 Å². The molecule has 0 bridgehead atoms. The van der Waals surface area contributed by atoms with Gasteiger partial charge in [0.15, 0.2) is 0 Å². The van der Waals surface area contributed by atoms with Crippen molar-refractivity contribution in [1.29, 1.82) is 0 Å². The van der Waals surface area contributed by atoms with E-state index in [0.717, 1.165) is 15.6 Å². The minimum Gasteiger partial charge on any atom is -0.493 e. The maximum Gasteiger partial charge on any atom is 0.255 e. The molecule has 0 spiro atoms. The normalized spacial score (nSPS) is 12.1. The van der Waals surface area contributed by atoms with Gasteiger partial charge in [0, 0.05) is 11.4 Å². The van der Waals surface area contributed by atoms with Gasteiger partial charge in [-0.3, -0.25) is 4.79 Å². The van der Waals surface area contributed by atoms with Crippen molar-refractivity contribution in [3.8, 4) is 5.75 Å². The van der Waals surface area contributed by atoms with E-state index in [1.807, 2.05) is 60.8 Å². The van der Waals surface area contributed by atoms with E-state index >= 15 is 0 Å². The fourth-order valence-corrected chi connectivity index (χ4v) is 3.33. The van der Waals surface area contributed by atoms with E-state index in [2.05, 4.69) is 5.32 Å². The Morgan fingerprint density at radius 1 is 1.21 bits per heavy atom. The number of carbonyl (C=O) groups is 1. The van der Waals surface area contributed by atoms with Crippen LogP contribution >= 0.6 is 11.3 Å². The van der Waals surface area contributed by atoms with Crippen LogP contribution in [-0.4, -0.2) is 24.2 Å². The summed E-state index contributed by atoms with van der Waals surface area (Å²) in [6.07, 6.45) is -0.709. The van der Waals surface area contributed by atoms with E-state index in [1.54, 1.807) is 0 Å². The lowest BCUT2D eigenvalue weighted by Gasteiger charge is -2.15. The summed E-state index contributed by atoms with van der Waals surface area (Å²) in [6.45, 7) is 2.53. The lowest BCUT2D eigenvalue weighted by atomic mass is 10.0. The van der Waals surface area contributed by atoms with Crippen LogP contribution in [0.4, 0.5) is 0 Å². The lowest BCUT2D eigenvalue weighted by molar-refractivity contribution is 0.0916. The summed E-state index contributed by atoms with van der Waals surface area (Å²) < 4.78 is 5.62. The number of benzene rings is 2. The highest BCUT2D eigenvalue weighted by atomic mass is 32.1. The molecule has 0 saturated carbocycles. The van der Waals surface area contributed by atoms with Crippen LogP contribution in [0.1, 0.15) is 28.3 Å². The molecule has 2 aromatic carbocycles. The Kier molecular flexibility index (Phi) is 5.13. The molecule has 0 aliphatic rings. The molecule has 0 radical (unpaired) electrons. The molecule has 1 heterocycles. The number of aliphatic hydroxyl groups excluding tert-OH is 1. The molecule has 5 heteroatoms. The molecular weight excluding hydrogens is 322 g/mol. The van der Waals surface area contributed by atoms with Crippen LogP contribution in [0.3, 0.4) is 0 Å². The number of ether oxygens (including phenoxy) is 1. The van der Waals surface area contributed by atoms with Crippen LogP contribution in [0, 0.1) is 0 Å². The second-order valence-corrected chi connectivity index (χ2v) is 6.31. The minimum absolute atomic E-state index is 0.161. The Bertz CT molecular complexity index is 830. The fraction of sp³-hybridized carbons (Fsp3) is 0.211. The number of aliphatic hydroxyl groups is 1. The van der Waals surface area contributed by atoms with Gasteiger partial charge in [-0.2, -0.15) is 0 Å². The summed E-state index contributed by atoms with van der Waals surface area (Å²) >= 11 is 1.47. The Balaban J connectivity index is 1.86. The van der Waals surface area contributed by atoms with Crippen molar-refractivity contribution >= 4 is 28.0 Å². The standard InChI is InChI=1S/C19H19NO3S/c1-2-23-16-10-9-13-6-3-4-7-14(13)18(16)19(22)20-12-15(21)17-8-5-11-24-17/h3-11,15,21H,2,12H2,1H3,(H,20,22)/t15-/m1/s1. The van der Waals surface area contributed by atoms with E-state index in [1.165, 1.54) is 11.3 Å². The Morgan fingerprint density at radius 2 is 2.04 bits per heavy atom. The largest absolute Gasteiger partial charge is 0.493 e. The van der Waals surface area contributed by atoms with E-state index < -0.39 is 6.10 Å². The number of fused-ring (bicyclic) bond motifs is 1. The van der Waals surface area contributed by atoms with Crippen LogP contribution in [0.25, 0.3) is 10.8 Å². The number of amides is 1. The zero-order chi connectivity index (χ0) is 16.9.